The maximum atomic E-state index is 4.92. The number of guanidine groups is 1. The summed E-state index contributed by atoms with van der Waals surface area (Å²) in [6.07, 6.45) is 7.60. The fraction of sp³-hybridized carbons (Fsp3) is 0.714. The van der Waals surface area contributed by atoms with E-state index >= 15 is 0 Å². The second-order valence-corrected chi connectivity index (χ2v) is 8.26. The van der Waals surface area contributed by atoms with Crippen LogP contribution >= 0.6 is 0 Å². The maximum absolute atomic E-state index is 4.92. The second kappa shape index (κ2) is 8.74. The highest BCUT2D eigenvalue weighted by Gasteiger charge is 2.28. The first kappa shape index (κ1) is 19.0. The predicted octanol–water partition coefficient (Wildman–Crippen LogP) is 3.49. The van der Waals surface area contributed by atoms with Gasteiger partial charge in [-0.1, -0.05) is 25.8 Å². The van der Waals surface area contributed by atoms with Crippen LogP contribution < -0.4 is 15.5 Å². The lowest BCUT2D eigenvalue weighted by Gasteiger charge is -2.34. The highest BCUT2D eigenvalue weighted by molar-refractivity contribution is 5.80. The first-order valence-electron chi connectivity index (χ1n) is 10.3. The van der Waals surface area contributed by atoms with E-state index in [1.54, 1.807) is 0 Å². The Bertz CT molecular complexity index is 598. The topological polar surface area (TPSA) is 52.6 Å². The van der Waals surface area contributed by atoms with Gasteiger partial charge in [-0.2, -0.15) is 0 Å². The summed E-state index contributed by atoms with van der Waals surface area (Å²) in [7, 11) is 0. The highest BCUT2D eigenvalue weighted by atomic mass is 15.2. The van der Waals surface area contributed by atoms with E-state index in [4.69, 9.17) is 4.99 Å². The van der Waals surface area contributed by atoms with E-state index in [2.05, 4.69) is 59.5 Å². The van der Waals surface area contributed by atoms with E-state index in [0.29, 0.717) is 11.5 Å². The zero-order chi connectivity index (χ0) is 18.4. The maximum Gasteiger partial charge on any atom is 0.191 e. The average Bonchev–Trinajstić information content (AvgIpc) is 3.08. The summed E-state index contributed by atoms with van der Waals surface area (Å²) in [5, 5.41) is 7.11. The molecule has 5 nitrogen and oxygen atoms in total. The quantitative estimate of drug-likeness (QED) is 0.626. The Balaban J connectivity index is 1.52. The summed E-state index contributed by atoms with van der Waals surface area (Å²) >= 11 is 0. The van der Waals surface area contributed by atoms with E-state index in [-0.39, 0.29) is 0 Å². The molecule has 2 fully saturated rings. The van der Waals surface area contributed by atoms with Crippen LogP contribution in [-0.4, -0.2) is 43.2 Å². The van der Waals surface area contributed by atoms with E-state index in [0.717, 1.165) is 56.5 Å². The molecular formula is C21H35N5. The van der Waals surface area contributed by atoms with Crippen LogP contribution in [0.4, 0.5) is 5.82 Å². The van der Waals surface area contributed by atoms with Crippen molar-refractivity contribution in [2.45, 2.75) is 65.3 Å². The van der Waals surface area contributed by atoms with Crippen LogP contribution in [0.3, 0.4) is 0 Å². The van der Waals surface area contributed by atoms with Gasteiger partial charge in [0.15, 0.2) is 5.96 Å². The molecule has 26 heavy (non-hydrogen) atoms. The molecule has 0 bridgehead atoms. The van der Waals surface area contributed by atoms with Gasteiger partial charge in [-0.15, -0.1) is 0 Å². The minimum absolute atomic E-state index is 0.405. The van der Waals surface area contributed by atoms with Gasteiger partial charge in [-0.25, -0.2) is 4.98 Å². The number of anilines is 1. The Morgan fingerprint density at radius 1 is 1.27 bits per heavy atom. The molecule has 0 aromatic carbocycles. The van der Waals surface area contributed by atoms with Crippen LogP contribution in [0.5, 0.6) is 0 Å². The van der Waals surface area contributed by atoms with Crippen LogP contribution in [0.15, 0.2) is 23.2 Å². The third-order valence-electron chi connectivity index (χ3n) is 5.81. The van der Waals surface area contributed by atoms with Gasteiger partial charge in [0, 0.05) is 37.9 Å². The number of rotatable bonds is 5. The van der Waals surface area contributed by atoms with Gasteiger partial charge in [-0.3, -0.25) is 4.99 Å². The van der Waals surface area contributed by atoms with Crippen molar-refractivity contribution in [3.05, 3.63) is 23.9 Å². The zero-order valence-electron chi connectivity index (χ0n) is 16.7. The molecule has 0 atom stereocenters. The molecule has 2 aliphatic rings. The molecule has 1 aromatic heterocycles. The first-order valence-corrected chi connectivity index (χ1v) is 10.3. The third-order valence-corrected chi connectivity index (χ3v) is 5.81. The number of hydrogen-bond donors (Lipinski definition) is 2. The molecular weight excluding hydrogens is 322 g/mol. The standard InChI is InChI=1S/C21H35N5/c1-4-22-20(23-16-21(3)12-5-6-13-21)25-18-10-14-26(15-11-18)19-9-7-8-17(2)24-19/h7-9,18H,4-6,10-16H2,1-3H3,(H2,22,23,25). The van der Waals surface area contributed by atoms with Crippen LogP contribution in [-0.2, 0) is 0 Å². The van der Waals surface area contributed by atoms with Crippen LogP contribution in [0.2, 0.25) is 0 Å². The lowest BCUT2D eigenvalue weighted by atomic mass is 9.89. The Kier molecular flexibility index (Phi) is 6.38. The normalized spacial score (nSPS) is 21.0. The first-order chi connectivity index (χ1) is 12.6. The smallest absolute Gasteiger partial charge is 0.191 e. The van der Waals surface area contributed by atoms with E-state index in [9.17, 15) is 0 Å². The summed E-state index contributed by atoms with van der Waals surface area (Å²) in [5.41, 5.74) is 1.49. The number of nitrogens with zero attached hydrogens (tertiary/aromatic N) is 3. The molecule has 3 rings (SSSR count). The molecule has 1 aliphatic heterocycles. The molecule has 1 aromatic rings. The van der Waals surface area contributed by atoms with Crippen molar-refractivity contribution in [2.75, 3.05) is 31.1 Å². The number of hydrogen-bond acceptors (Lipinski definition) is 3. The molecule has 0 amide bonds. The van der Waals surface area contributed by atoms with E-state index < -0.39 is 0 Å². The van der Waals surface area contributed by atoms with Gasteiger partial charge in [0.2, 0.25) is 0 Å². The van der Waals surface area contributed by atoms with Crippen molar-refractivity contribution < 1.29 is 0 Å². The molecule has 0 spiro atoms. The number of aliphatic imine (C=N–C) groups is 1. The van der Waals surface area contributed by atoms with Gasteiger partial charge < -0.3 is 15.5 Å². The molecule has 1 aliphatic carbocycles. The van der Waals surface area contributed by atoms with Crippen molar-refractivity contribution in [2.24, 2.45) is 10.4 Å². The van der Waals surface area contributed by atoms with Gasteiger partial charge in [0.25, 0.3) is 0 Å². The number of aryl methyl sites for hydroxylation is 1. The van der Waals surface area contributed by atoms with E-state index in [1.165, 1.54) is 25.7 Å². The minimum atomic E-state index is 0.405. The molecule has 2 heterocycles. The SMILES string of the molecule is CCNC(=NCC1(C)CCCC1)NC1CCN(c2cccc(C)n2)CC1. The average molecular weight is 358 g/mol. The minimum Gasteiger partial charge on any atom is -0.357 e. The number of piperidine rings is 1. The van der Waals surface area contributed by atoms with Gasteiger partial charge >= 0.3 is 0 Å². The largest absolute Gasteiger partial charge is 0.357 e. The fourth-order valence-electron chi connectivity index (χ4n) is 4.13. The van der Waals surface area contributed by atoms with Crippen LogP contribution in [0.25, 0.3) is 0 Å². The lowest BCUT2D eigenvalue weighted by Crippen LogP contribution is -2.49. The molecule has 0 radical (unpaired) electrons. The molecule has 2 N–H and O–H groups in total. The third kappa shape index (κ3) is 5.12. The molecule has 144 valence electrons. The van der Waals surface area contributed by atoms with Crippen LogP contribution in [0, 0.1) is 12.3 Å². The molecule has 0 unspecified atom stereocenters. The Hall–Kier alpha value is -1.78. The summed E-state index contributed by atoms with van der Waals surface area (Å²) in [5.74, 6) is 2.10. The zero-order valence-corrected chi connectivity index (χ0v) is 16.7. The molecule has 1 saturated heterocycles. The summed E-state index contributed by atoms with van der Waals surface area (Å²) in [6, 6.07) is 6.77. The van der Waals surface area contributed by atoms with Crippen LogP contribution in [0.1, 0.15) is 58.1 Å². The van der Waals surface area contributed by atoms with Gasteiger partial charge in [-0.05, 0) is 57.1 Å². The molecule has 1 saturated carbocycles. The Morgan fingerprint density at radius 2 is 2.00 bits per heavy atom. The van der Waals surface area contributed by atoms with Crippen molar-refractivity contribution in [1.29, 1.82) is 0 Å². The number of pyridine rings is 1. The Morgan fingerprint density at radius 3 is 2.65 bits per heavy atom. The van der Waals surface area contributed by atoms with Gasteiger partial charge in [0.05, 0.1) is 0 Å². The summed E-state index contributed by atoms with van der Waals surface area (Å²) < 4.78 is 0. The monoisotopic (exact) mass is 357 g/mol. The van der Waals surface area contributed by atoms with Crippen molar-refractivity contribution in [1.82, 2.24) is 15.6 Å². The second-order valence-electron chi connectivity index (χ2n) is 8.26. The number of aromatic nitrogens is 1. The number of nitrogens with one attached hydrogen (secondary N) is 2. The Labute approximate surface area is 158 Å². The highest BCUT2D eigenvalue weighted by Crippen LogP contribution is 2.37. The van der Waals surface area contributed by atoms with Gasteiger partial charge in [0.1, 0.15) is 5.82 Å². The summed E-state index contributed by atoms with van der Waals surface area (Å²) in [6.45, 7) is 10.5. The fourth-order valence-corrected chi connectivity index (χ4v) is 4.13. The lowest BCUT2D eigenvalue weighted by molar-refractivity contribution is 0.349. The summed E-state index contributed by atoms with van der Waals surface area (Å²) in [4.78, 5) is 12.0. The molecule has 5 heteroatoms. The van der Waals surface area contributed by atoms with E-state index in [1.807, 2.05) is 0 Å². The predicted molar refractivity (Wildman–Crippen MR) is 110 cm³/mol. The van der Waals surface area contributed by atoms with Crippen molar-refractivity contribution in [3.8, 4) is 0 Å². The van der Waals surface area contributed by atoms with Crippen molar-refractivity contribution in [3.63, 3.8) is 0 Å². The van der Waals surface area contributed by atoms with Crippen molar-refractivity contribution >= 4 is 11.8 Å².